The Bertz CT molecular complexity index is 993. The van der Waals surface area contributed by atoms with Crippen LogP contribution in [-0.2, 0) is 0 Å². The van der Waals surface area contributed by atoms with E-state index >= 15 is 0 Å². The Balaban J connectivity index is 2.03. The van der Waals surface area contributed by atoms with E-state index in [4.69, 9.17) is 28.6 Å². The van der Waals surface area contributed by atoms with Crippen LogP contribution in [0.5, 0.6) is 11.5 Å². The van der Waals surface area contributed by atoms with Crippen LogP contribution in [0.1, 0.15) is 11.1 Å². The Morgan fingerprint density at radius 3 is 2.72 bits per heavy atom. The number of halogens is 1. The van der Waals surface area contributed by atoms with Gasteiger partial charge in [0, 0.05) is 22.2 Å². The highest BCUT2D eigenvalue weighted by atomic mass is 35.5. The molecule has 0 aliphatic heterocycles. The van der Waals surface area contributed by atoms with E-state index in [2.05, 4.69) is 15.3 Å². The van der Waals surface area contributed by atoms with Crippen molar-refractivity contribution < 1.29 is 9.84 Å². The Labute approximate surface area is 154 Å². The Morgan fingerprint density at radius 1 is 1.32 bits per heavy atom. The van der Waals surface area contributed by atoms with Gasteiger partial charge in [-0.15, -0.1) is 0 Å². The average Bonchev–Trinajstić information content (AvgIpc) is 2.96. The monoisotopic (exact) mass is 374 g/mol. The number of aromatic amines is 1. The van der Waals surface area contributed by atoms with Crippen molar-refractivity contribution in [2.24, 2.45) is 5.10 Å². The van der Waals surface area contributed by atoms with Crippen LogP contribution in [0.15, 0.2) is 41.5 Å². The number of aryl methyl sites for hydroxylation is 1. The quantitative estimate of drug-likeness (QED) is 0.531. The number of nitrogens with zero attached hydrogens (tertiary/aromatic N) is 3. The van der Waals surface area contributed by atoms with Crippen molar-refractivity contribution in [2.45, 2.75) is 6.92 Å². The van der Waals surface area contributed by atoms with Crippen molar-refractivity contribution in [3.8, 4) is 22.9 Å². The molecule has 0 spiro atoms. The highest BCUT2D eigenvalue weighted by molar-refractivity contribution is 7.71. The Kier molecular flexibility index (Phi) is 4.87. The first-order valence-electron chi connectivity index (χ1n) is 7.35. The summed E-state index contributed by atoms with van der Waals surface area (Å²) in [5.41, 5.74) is 2.41. The molecule has 0 bridgehead atoms. The van der Waals surface area contributed by atoms with Gasteiger partial charge in [-0.05, 0) is 25.2 Å². The molecule has 25 heavy (non-hydrogen) atoms. The number of aromatic hydroxyl groups is 1. The van der Waals surface area contributed by atoms with E-state index in [1.165, 1.54) is 24.1 Å². The third kappa shape index (κ3) is 3.57. The number of nitrogens with one attached hydrogen (secondary N) is 1. The molecule has 1 aromatic heterocycles. The van der Waals surface area contributed by atoms with E-state index in [1.807, 2.05) is 31.2 Å². The van der Waals surface area contributed by atoms with Gasteiger partial charge in [0.1, 0.15) is 0 Å². The summed E-state index contributed by atoms with van der Waals surface area (Å²) >= 11 is 11.3. The van der Waals surface area contributed by atoms with Crippen LogP contribution in [0.3, 0.4) is 0 Å². The number of hydrogen-bond acceptors (Lipinski definition) is 5. The molecule has 128 valence electrons. The highest BCUT2D eigenvalue weighted by Gasteiger charge is 2.10. The zero-order valence-electron chi connectivity index (χ0n) is 13.5. The molecule has 0 saturated heterocycles. The van der Waals surface area contributed by atoms with Gasteiger partial charge < -0.3 is 9.84 Å². The number of phenolic OH excluding ortho intramolecular Hbond substituents is 1. The van der Waals surface area contributed by atoms with Gasteiger partial charge >= 0.3 is 0 Å². The summed E-state index contributed by atoms with van der Waals surface area (Å²) in [5.74, 6) is 0.779. The Morgan fingerprint density at radius 2 is 2.04 bits per heavy atom. The smallest absolute Gasteiger partial charge is 0.216 e. The van der Waals surface area contributed by atoms with E-state index in [1.54, 1.807) is 6.07 Å². The second-order valence-electron chi connectivity index (χ2n) is 5.32. The van der Waals surface area contributed by atoms with E-state index in [0.29, 0.717) is 21.2 Å². The molecule has 3 aromatic rings. The fourth-order valence-electron chi connectivity index (χ4n) is 2.26. The lowest BCUT2D eigenvalue weighted by atomic mass is 10.1. The molecule has 0 saturated carbocycles. The van der Waals surface area contributed by atoms with Crippen LogP contribution >= 0.6 is 23.8 Å². The van der Waals surface area contributed by atoms with E-state index in [9.17, 15) is 5.11 Å². The summed E-state index contributed by atoms with van der Waals surface area (Å²) in [6.07, 6.45) is 1.45. The first-order valence-corrected chi connectivity index (χ1v) is 8.13. The molecule has 0 amide bonds. The van der Waals surface area contributed by atoms with Crippen LogP contribution in [0.25, 0.3) is 11.4 Å². The summed E-state index contributed by atoms with van der Waals surface area (Å²) in [7, 11) is 1.45. The molecule has 2 aromatic carbocycles. The number of phenols is 1. The predicted octanol–water partition coefficient (Wildman–Crippen LogP) is 4.17. The van der Waals surface area contributed by atoms with Gasteiger partial charge in [0.2, 0.25) is 4.77 Å². The predicted molar refractivity (Wildman–Crippen MR) is 100 cm³/mol. The number of ether oxygens (including phenoxy) is 1. The van der Waals surface area contributed by atoms with E-state index in [-0.39, 0.29) is 11.5 Å². The molecule has 3 rings (SSSR count). The zero-order chi connectivity index (χ0) is 18.0. The lowest BCUT2D eigenvalue weighted by Gasteiger charge is -2.07. The standard InChI is InChI=1S/C17H15ClN4O2S/c1-10-3-5-11(6-4-10)16-20-21-17(25)22(16)19-9-12-7-13(18)8-14(24-2)15(12)23/h3-9,23H,1-2H3,(H,21,25)/b19-9+. The number of rotatable bonds is 4. The number of methoxy groups -OCH3 is 1. The van der Waals surface area contributed by atoms with Crippen molar-refractivity contribution in [2.75, 3.05) is 7.11 Å². The number of H-pyrrole nitrogens is 1. The van der Waals surface area contributed by atoms with Crippen molar-refractivity contribution in [3.63, 3.8) is 0 Å². The summed E-state index contributed by atoms with van der Waals surface area (Å²) in [5, 5.41) is 21.9. The minimum absolute atomic E-state index is 0.0532. The number of benzene rings is 2. The second kappa shape index (κ2) is 7.08. The van der Waals surface area contributed by atoms with Crippen molar-refractivity contribution >= 4 is 30.0 Å². The first-order chi connectivity index (χ1) is 12.0. The third-order valence-corrected chi connectivity index (χ3v) is 4.04. The molecule has 0 aliphatic carbocycles. The highest BCUT2D eigenvalue weighted by Crippen LogP contribution is 2.32. The van der Waals surface area contributed by atoms with E-state index in [0.717, 1.165) is 11.1 Å². The first kappa shape index (κ1) is 17.2. The van der Waals surface area contributed by atoms with Gasteiger partial charge in [-0.25, -0.2) is 5.10 Å². The van der Waals surface area contributed by atoms with Crippen LogP contribution in [0.4, 0.5) is 0 Å². The average molecular weight is 375 g/mol. The lowest BCUT2D eigenvalue weighted by Crippen LogP contribution is -1.96. The molecule has 0 fully saturated rings. The minimum Gasteiger partial charge on any atom is -0.504 e. The molecule has 2 N–H and O–H groups in total. The van der Waals surface area contributed by atoms with Crippen LogP contribution in [0.2, 0.25) is 5.02 Å². The molecule has 0 radical (unpaired) electrons. The minimum atomic E-state index is -0.0532. The summed E-state index contributed by atoms with van der Waals surface area (Å²) in [4.78, 5) is 0. The van der Waals surface area contributed by atoms with Crippen molar-refractivity contribution in [3.05, 3.63) is 57.3 Å². The maximum absolute atomic E-state index is 10.2. The number of hydrogen-bond donors (Lipinski definition) is 2. The van der Waals surface area contributed by atoms with Crippen molar-refractivity contribution in [1.29, 1.82) is 0 Å². The summed E-state index contributed by atoms with van der Waals surface area (Å²) in [6, 6.07) is 10.9. The maximum Gasteiger partial charge on any atom is 0.216 e. The van der Waals surface area contributed by atoms with Gasteiger partial charge in [-0.1, -0.05) is 41.4 Å². The summed E-state index contributed by atoms with van der Waals surface area (Å²) < 4.78 is 6.90. The van der Waals surface area contributed by atoms with Gasteiger partial charge in [0.15, 0.2) is 17.3 Å². The molecular formula is C17H15ClN4O2S. The molecule has 0 unspecified atom stereocenters. The van der Waals surface area contributed by atoms with Gasteiger partial charge in [-0.3, -0.25) is 0 Å². The topological polar surface area (TPSA) is 75.4 Å². The lowest BCUT2D eigenvalue weighted by molar-refractivity contribution is 0.373. The fraction of sp³-hybridized carbons (Fsp3) is 0.118. The fourth-order valence-corrected chi connectivity index (χ4v) is 2.65. The van der Waals surface area contributed by atoms with Crippen molar-refractivity contribution in [1.82, 2.24) is 14.9 Å². The van der Waals surface area contributed by atoms with Gasteiger partial charge in [-0.2, -0.15) is 14.9 Å². The van der Waals surface area contributed by atoms with Crippen LogP contribution in [-0.4, -0.2) is 33.3 Å². The third-order valence-electron chi connectivity index (χ3n) is 3.56. The Hall–Kier alpha value is -2.64. The molecular weight excluding hydrogens is 360 g/mol. The molecule has 0 atom stereocenters. The number of aromatic nitrogens is 3. The normalized spacial score (nSPS) is 11.2. The second-order valence-corrected chi connectivity index (χ2v) is 6.14. The summed E-state index contributed by atoms with van der Waals surface area (Å²) in [6.45, 7) is 2.01. The SMILES string of the molecule is COc1cc(Cl)cc(/C=N/n2c(-c3ccc(C)cc3)n[nH]c2=S)c1O. The molecule has 8 heteroatoms. The maximum atomic E-state index is 10.2. The molecule has 1 heterocycles. The zero-order valence-corrected chi connectivity index (χ0v) is 15.1. The van der Waals surface area contributed by atoms with Gasteiger partial charge in [0.05, 0.1) is 13.3 Å². The van der Waals surface area contributed by atoms with E-state index < -0.39 is 0 Å². The molecule has 6 nitrogen and oxygen atoms in total. The van der Waals surface area contributed by atoms with Crippen LogP contribution in [0, 0.1) is 11.7 Å². The van der Waals surface area contributed by atoms with Gasteiger partial charge in [0.25, 0.3) is 0 Å². The largest absolute Gasteiger partial charge is 0.504 e. The molecule has 0 aliphatic rings. The van der Waals surface area contributed by atoms with Crippen LogP contribution < -0.4 is 4.74 Å².